The van der Waals surface area contributed by atoms with E-state index >= 15 is 0 Å². The molecule has 102 valence electrons. The highest BCUT2D eigenvalue weighted by Crippen LogP contribution is 2.19. The van der Waals surface area contributed by atoms with Crippen LogP contribution in [-0.2, 0) is 6.54 Å². The second-order valence-electron chi connectivity index (χ2n) is 4.78. The maximum atomic E-state index is 12.5. The molecule has 1 aromatic heterocycles. The Hall–Kier alpha value is -1.84. The van der Waals surface area contributed by atoms with Gasteiger partial charge in [-0.3, -0.25) is 4.79 Å². The van der Waals surface area contributed by atoms with Crippen LogP contribution in [0.3, 0.4) is 0 Å². The van der Waals surface area contributed by atoms with Crippen LogP contribution in [-0.4, -0.2) is 21.7 Å². The Balaban J connectivity index is 2.43. The SMILES string of the molecule is O=c1c2ccccc2n(CC(O)CCl)c2ccccc12. The van der Waals surface area contributed by atoms with E-state index in [1.807, 2.05) is 53.1 Å². The Labute approximate surface area is 121 Å². The molecule has 0 radical (unpaired) electrons. The van der Waals surface area contributed by atoms with Crippen molar-refractivity contribution in [2.75, 3.05) is 5.88 Å². The lowest BCUT2D eigenvalue weighted by molar-refractivity contribution is 0.180. The number of pyridine rings is 1. The second-order valence-corrected chi connectivity index (χ2v) is 5.09. The molecule has 3 nitrogen and oxygen atoms in total. The van der Waals surface area contributed by atoms with E-state index in [2.05, 4.69) is 0 Å². The van der Waals surface area contributed by atoms with E-state index in [0.717, 1.165) is 11.0 Å². The van der Waals surface area contributed by atoms with Gasteiger partial charge in [-0.2, -0.15) is 0 Å². The van der Waals surface area contributed by atoms with Crippen molar-refractivity contribution in [1.29, 1.82) is 0 Å². The number of fused-ring (bicyclic) bond motifs is 2. The molecule has 0 amide bonds. The summed E-state index contributed by atoms with van der Waals surface area (Å²) in [7, 11) is 0. The predicted octanol–water partition coefficient (Wildman–Crippen LogP) is 2.75. The van der Waals surface area contributed by atoms with Crippen molar-refractivity contribution in [2.24, 2.45) is 0 Å². The molecule has 4 heteroatoms. The van der Waals surface area contributed by atoms with Gasteiger partial charge in [-0.1, -0.05) is 24.3 Å². The molecule has 3 aromatic rings. The summed E-state index contributed by atoms with van der Waals surface area (Å²) in [4.78, 5) is 12.5. The van der Waals surface area contributed by atoms with Crippen molar-refractivity contribution in [3.05, 3.63) is 58.8 Å². The van der Waals surface area contributed by atoms with E-state index in [1.165, 1.54) is 0 Å². The first-order valence-corrected chi connectivity index (χ1v) is 7.00. The van der Waals surface area contributed by atoms with E-state index in [1.54, 1.807) is 0 Å². The number of aliphatic hydroxyl groups is 1. The first-order chi connectivity index (χ1) is 9.72. The number of hydrogen-bond donors (Lipinski definition) is 1. The largest absolute Gasteiger partial charge is 0.390 e. The lowest BCUT2D eigenvalue weighted by Gasteiger charge is -2.17. The fourth-order valence-corrected chi connectivity index (χ4v) is 2.63. The average molecular weight is 288 g/mol. The average Bonchev–Trinajstić information content (AvgIpc) is 2.51. The quantitative estimate of drug-likeness (QED) is 0.594. The van der Waals surface area contributed by atoms with Gasteiger partial charge in [-0.25, -0.2) is 0 Å². The van der Waals surface area contributed by atoms with Gasteiger partial charge in [0.15, 0.2) is 5.43 Å². The van der Waals surface area contributed by atoms with Gasteiger partial charge < -0.3 is 9.67 Å². The summed E-state index contributed by atoms with van der Waals surface area (Å²) < 4.78 is 1.96. The number of halogens is 1. The minimum absolute atomic E-state index is 0.0211. The molecule has 1 atom stereocenters. The zero-order valence-corrected chi connectivity index (χ0v) is 11.5. The number of aromatic nitrogens is 1. The Morgan fingerprint density at radius 3 is 2.00 bits per heavy atom. The molecule has 0 aliphatic heterocycles. The maximum Gasteiger partial charge on any atom is 0.197 e. The molecule has 0 spiro atoms. The third kappa shape index (κ3) is 2.09. The van der Waals surface area contributed by atoms with Crippen LogP contribution in [0, 0.1) is 0 Å². The Morgan fingerprint density at radius 2 is 1.50 bits per heavy atom. The normalized spacial score (nSPS) is 12.9. The van der Waals surface area contributed by atoms with Gasteiger partial charge in [0.05, 0.1) is 29.6 Å². The minimum atomic E-state index is -0.647. The number of rotatable bonds is 3. The molecule has 20 heavy (non-hydrogen) atoms. The van der Waals surface area contributed by atoms with Crippen LogP contribution in [0.15, 0.2) is 53.3 Å². The molecule has 0 fully saturated rings. The molecule has 0 aliphatic carbocycles. The third-order valence-electron chi connectivity index (χ3n) is 3.45. The number of benzene rings is 2. The van der Waals surface area contributed by atoms with Crippen LogP contribution in [0.4, 0.5) is 0 Å². The summed E-state index contributed by atoms with van der Waals surface area (Å²) in [6, 6.07) is 14.9. The predicted molar refractivity (Wildman–Crippen MR) is 82.4 cm³/mol. The Bertz CT molecular complexity index is 765. The highest BCUT2D eigenvalue weighted by atomic mass is 35.5. The smallest absolute Gasteiger partial charge is 0.197 e. The van der Waals surface area contributed by atoms with E-state index in [9.17, 15) is 9.90 Å². The highest BCUT2D eigenvalue weighted by molar-refractivity contribution is 6.18. The first-order valence-electron chi connectivity index (χ1n) is 6.46. The van der Waals surface area contributed by atoms with Crippen molar-refractivity contribution in [2.45, 2.75) is 12.6 Å². The molecule has 0 saturated carbocycles. The van der Waals surface area contributed by atoms with Gasteiger partial charge in [-0.05, 0) is 24.3 Å². The van der Waals surface area contributed by atoms with E-state index < -0.39 is 6.10 Å². The van der Waals surface area contributed by atoms with Crippen LogP contribution >= 0.6 is 11.6 Å². The third-order valence-corrected chi connectivity index (χ3v) is 3.81. The molecular formula is C16H14ClNO2. The topological polar surface area (TPSA) is 42.2 Å². The molecule has 1 heterocycles. The summed E-state index contributed by atoms with van der Waals surface area (Å²) in [5.41, 5.74) is 1.66. The zero-order chi connectivity index (χ0) is 14.1. The highest BCUT2D eigenvalue weighted by Gasteiger charge is 2.12. The monoisotopic (exact) mass is 287 g/mol. The van der Waals surface area contributed by atoms with Gasteiger partial charge in [0.2, 0.25) is 0 Å². The van der Waals surface area contributed by atoms with Gasteiger partial charge in [0.25, 0.3) is 0 Å². The summed E-state index contributed by atoms with van der Waals surface area (Å²) in [5, 5.41) is 11.2. The summed E-state index contributed by atoms with van der Waals surface area (Å²) in [5.74, 6) is 0.161. The van der Waals surface area contributed by atoms with E-state index in [4.69, 9.17) is 11.6 Å². The van der Waals surface area contributed by atoms with Gasteiger partial charge >= 0.3 is 0 Å². The van der Waals surface area contributed by atoms with Crippen LogP contribution < -0.4 is 5.43 Å². The van der Waals surface area contributed by atoms with Crippen LogP contribution in [0.2, 0.25) is 0 Å². The zero-order valence-electron chi connectivity index (χ0n) is 10.8. The van der Waals surface area contributed by atoms with Gasteiger partial charge in [-0.15, -0.1) is 11.6 Å². The molecule has 3 rings (SSSR count). The van der Waals surface area contributed by atoms with Gasteiger partial charge in [0.1, 0.15) is 0 Å². The number of nitrogens with zero attached hydrogens (tertiary/aromatic N) is 1. The molecule has 0 saturated heterocycles. The molecular weight excluding hydrogens is 274 g/mol. The molecule has 2 aromatic carbocycles. The fraction of sp³-hybridized carbons (Fsp3) is 0.188. The standard InChI is InChI=1S/C16H14ClNO2/c17-9-11(19)10-18-14-7-3-1-5-12(14)16(20)13-6-2-4-8-15(13)18/h1-8,11,19H,9-10H2. The molecule has 0 bridgehead atoms. The van der Waals surface area contributed by atoms with Crippen molar-refractivity contribution >= 4 is 33.4 Å². The summed E-state index contributed by atoms with van der Waals surface area (Å²) in [6.07, 6.45) is -0.647. The van der Waals surface area contributed by atoms with E-state index in [0.29, 0.717) is 17.3 Å². The lowest BCUT2D eigenvalue weighted by Crippen LogP contribution is -2.20. The number of aliphatic hydroxyl groups excluding tert-OH is 1. The van der Waals surface area contributed by atoms with Gasteiger partial charge in [0, 0.05) is 10.8 Å². The second kappa shape index (κ2) is 5.27. The Morgan fingerprint density at radius 1 is 1.00 bits per heavy atom. The molecule has 1 unspecified atom stereocenters. The van der Waals surface area contributed by atoms with Crippen LogP contribution in [0.5, 0.6) is 0 Å². The molecule has 0 aliphatic rings. The summed E-state index contributed by atoms with van der Waals surface area (Å²) in [6.45, 7) is 0.366. The molecule has 1 N–H and O–H groups in total. The number of alkyl halides is 1. The maximum absolute atomic E-state index is 12.5. The van der Waals surface area contributed by atoms with Crippen molar-refractivity contribution in [3.63, 3.8) is 0 Å². The van der Waals surface area contributed by atoms with Crippen molar-refractivity contribution in [3.8, 4) is 0 Å². The summed E-state index contributed by atoms with van der Waals surface area (Å²) >= 11 is 5.71. The van der Waals surface area contributed by atoms with Crippen LogP contribution in [0.25, 0.3) is 21.8 Å². The fourth-order valence-electron chi connectivity index (χ4n) is 2.53. The Kier molecular flexibility index (Phi) is 3.47. The number of para-hydroxylation sites is 2. The van der Waals surface area contributed by atoms with E-state index in [-0.39, 0.29) is 11.3 Å². The van der Waals surface area contributed by atoms with Crippen molar-refractivity contribution in [1.82, 2.24) is 4.57 Å². The minimum Gasteiger partial charge on any atom is -0.390 e. The number of hydrogen-bond acceptors (Lipinski definition) is 2. The van der Waals surface area contributed by atoms with Crippen LogP contribution in [0.1, 0.15) is 0 Å². The van der Waals surface area contributed by atoms with Crippen molar-refractivity contribution < 1.29 is 5.11 Å². The first kappa shape index (κ1) is 13.2. The lowest BCUT2D eigenvalue weighted by atomic mass is 10.1.